The summed E-state index contributed by atoms with van der Waals surface area (Å²) >= 11 is 1.80. The third kappa shape index (κ3) is 6.50. The number of para-hydroxylation sites is 6. The fraction of sp³-hybridized carbons (Fsp3) is 0. The van der Waals surface area contributed by atoms with Gasteiger partial charge in [0.05, 0.1) is 66.9 Å². The minimum absolute atomic E-state index is 0.417. The predicted molar refractivity (Wildman–Crippen MR) is 354 cm³/mol. The summed E-state index contributed by atoms with van der Waals surface area (Å²) in [5, 5.41) is 38.9. The van der Waals surface area contributed by atoms with Crippen LogP contribution in [0.5, 0.6) is 0 Å². The lowest BCUT2D eigenvalue weighted by atomic mass is 9.91. The van der Waals surface area contributed by atoms with E-state index in [1.54, 1.807) is 11.3 Å². The topological polar surface area (TPSA) is 67.3 Å². The maximum absolute atomic E-state index is 12.9. The van der Waals surface area contributed by atoms with Gasteiger partial charge in [-0.05, 0) is 93.7 Å². The Morgan fingerprint density at radius 2 is 0.635 bits per heavy atom. The highest BCUT2D eigenvalue weighted by atomic mass is 32.1. The number of aromatic nitrogens is 4. The molecule has 0 N–H and O–H groups in total. The first kappa shape index (κ1) is 47.2. The van der Waals surface area contributed by atoms with Crippen molar-refractivity contribution in [1.82, 2.24) is 18.3 Å². The van der Waals surface area contributed by atoms with Gasteiger partial charge < -0.3 is 18.3 Å². The Morgan fingerprint density at radius 1 is 0.271 bits per heavy atom. The Hall–Kier alpha value is -11.5. The molecule has 6 nitrogen and oxygen atoms in total. The van der Waals surface area contributed by atoms with Crippen LogP contribution in [-0.2, 0) is 0 Å². The molecule has 0 saturated heterocycles. The molecular weight excluding hydrogens is 1050 g/mol. The number of hydrogen-bond acceptors (Lipinski definition) is 3. The van der Waals surface area contributed by atoms with E-state index in [1.807, 2.05) is 0 Å². The highest BCUT2D eigenvalue weighted by Crippen LogP contribution is 2.51. The van der Waals surface area contributed by atoms with Gasteiger partial charge in [0.2, 0.25) is 0 Å². The number of nitrogens with zero attached hydrogens (tertiary/aromatic N) is 6. The number of rotatable bonds is 6. The molecule has 0 saturated carbocycles. The zero-order valence-corrected chi connectivity index (χ0v) is 46.3. The molecule has 392 valence electrons. The molecule has 7 heteroatoms. The summed E-state index contributed by atoms with van der Waals surface area (Å²) in [6.07, 6.45) is 0. The fourth-order valence-electron chi connectivity index (χ4n) is 14.4. The van der Waals surface area contributed by atoms with Gasteiger partial charge in [0.15, 0.2) is 0 Å². The van der Waals surface area contributed by atoms with Crippen molar-refractivity contribution in [2.75, 3.05) is 0 Å². The summed E-state index contributed by atoms with van der Waals surface area (Å²) in [5.41, 5.74) is 15.1. The van der Waals surface area contributed by atoms with Gasteiger partial charge in [0, 0.05) is 63.3 Å². The Morgan fingerprint density at radius 3 is 1.13 bits per heavy atom. The number of thiophene rings is 1. The lowest BCUT2D eigenvalue weighted by Crippen LogP contribution is -2.16. The summed E-state index contributed by atoms with van der Waals surface area (Å²) in [4.78, 5) is 0. The van der Waals surface area contributed by atoms with Crippen LogP contribution in [0, 0.1) is 22.7 Å². The minimum atomic E-state index is 0.417. The zero-order valence-electron chi connectivity index (χ0n) is 45.5. The molecule has 0 unspecified atom stereocenters. The number of hydrogen-bond donors (Lipinski definition) is 0. The van der Waals surface area contributed by atoms with Crippen molar-refractivity contribution in [3.05, 3.63) is 278 Å². The van der Waals surface area contributed by atoms with Gasteiger partial charge in [-0.1, -0.05) is 206 Å². The van der Waals surface area contributed by atoms with Crippen LogP contribution >= 0.6 is 11.3 Å². The van der Waals surface area contributed by atoms with Crippen molar-refractivity contribution >= 4 is 130 Å². The molecule has 0 radical (unpaired) electrons. The van der Waals surface area contributed by atoms with Crippen molar-refractivity contribution in [2.24, 2.45) is 0 Å². The van der Waals surface area contributed by atoms with Crippen molar-refractivity contribution in [2.45, 2.75) is 0 Å². The molecule has 5 aromatic heterocycles. The van der Waals surface area contributed by atoms with E-state index in [0.29, 0.717) is 33.9 Å². The third-order valence-corrected chi connectivity index (χ3v) is 19.0. The van der Waals surface area contributed by atoms with E-state index in [-0.39, 0.29) is 0 Å². The van der Waals surface area contributed by atoms with E-state index in [2.05, 4.69) is 297 Å². The Labute approximate surface area is 490 Å². The first-order valence-corrected chi connectivity index (χ1v) is 29.4. The van der Waals surface area contributed by atoms with E-state index < -0.39 is 0 Å². The van der Waals surface area contributed by atoms with Crippen LogP contribution in [-0.4, -0.2) is 18.3 Å². The predicted octanol–water partition coefficient (Wildman–Crippen LogP) is 20.7. The first-order chi connectivity index (χ1) is 42.2. The lowest BCUT2D eigenvalue weighted by molar-refractivity contribution is 1.02. The molecular formula is C78H44N6S. The van der Waals surface area contributed by atoms with Crippen molar-refractivity contribution < 1.29 is 0 Å². The Kier molecular flexibility index (Phi) is 10.00. The quantitative estimate of drug-likeness (QED) is 0.166. The molecule has 0 atom stereocenters. The van der Waals surface area contributed by atoms with Gasteiger partial charge in [0.25, 0.3) is 0 Å². The maximum Gasteiger partial charge on any atom is 0.104 e. The van der Waals surface area contributed by atoms with Crippen molar-refractivity contribution in [1.29, 1.82) is 10.5 Å². The number of fused-ring (bicyclic) bond motifs is 17. The van der Waals surface area contributed by atoms with E-state index >= 15 is 0 Å². The van der Waals surface area contributed by atoms with Crippen LogP contribution in [0.4, 0.5) is 0 Å². The molecule has 0 bridgehead atoms. The first-order valence-electron chi connectivity index (χ1n) is 28.6. The van der Waals surface area contributed by atoms with Crippen LogP contribution in [0.1, 0.15) is 11.1 Å². The van der Waals surface area contributed by atoms with E-state index in [1.165, 1.54) is 31.8 Å². The number of benzene rings is 13. The monoisotopic (exact) mass is 1100 g/mol. The molecule has 0 fully saturated rings. The normalized spacial score (nSPS) is 12.0. The van der Waals surface area contributed by atoms with E-state index in [0.717, 1.165) is 109 Å². The van der Waals surface area contributed by atoms with E-state index in [9.17, 15) is 10.5 Å². The molecule has 18 rings (SSSR count). The zero-order chi connectivity index (χ0) is 56.0. The average molecular weight is 1100 g/mol. The summed E-state index contributed by atoms with van der Waals surface area (Å²) in [6, 6.07) is 101. The standard InChI is InChI=1S/C78H44N6S/c79-45-62-74(81-64-33-12-5-25-53(64)54-26-6-13-34-65(54)81)75(82-66-35-14-7-27-55(66)56-28-8-15-36-67(56)82)63(46-80)77(76(62)83-68-37-16-9-29-57(68)58-30-10-17-38-69(58)83)84-70-42-40-48(50-23-3-4-24-51(50)52-32-19-21-47-20-1-2-22-49(47)52)44-61(70)73-71(84)43-41-60-59-31-11-18-39-72(59)85-78(60)73/h1-44H. The second-order valence-corrected chi connectivity index (χ2v) is 23.1. The largest absolute Gasteiger partial charge is 0.306 e. The van der Waals surface area contributed by atoms with Gasteiger partial charge >= 0.3 is 0 Å². The van der Waals surface area contributed by atoms with Gasteiger partial charge in [0.1, 0.15) is 23.3 Å². The molecule has 0 amide bonds. The molecule has 18 aromatic rings. The van der Waals surface area contributed by atoms with Gasteiger partial charge in [-0.15, -0.1) is 11.3 Å². The van der Waals surface area contributed by atoms with Gasteiger partial charge in [-0.3, -0.25) is 0 Å². The van der Waals surface area contributed by atoms with Crippen LogP contribution in [0.2, 0.25) is 0 Å². The van der Waals surface area contributed by atoms with Crippen molar-refractivity contribution in [3.8, 4) is 57.1 Å². The molecule has 0 spiro atoms. The average Bonchev–Trinajstić information content (AvgIpc) is 1.65. The molecule has 5 heterocycles. The second-order valence-electron chi connectivity index (χ2n) is 22.1. The highest BCUT2D eigenvalue weighted by Gasteiger charge is 2.35. The molecule has 85 heavy (non-hydrogen) atoms. The summed E-state index contributed by atoms with van der Waals surface area (Å²) < 4.78 is 11.5. The van der Waals surface area contributed by atoms with Gasteiger partial charge in [-0.2, -0.15) is 10.5 Å². The fourth-order valence-corrected chi connectivity index (χ4v) is 15.7. The third-order valence-electron chi connectivity index (χ3n) is 17.8. The molecule has 13 aromatic carbocycles. The lowest BCUT2D eigenvalue weighted by Gasteiger charge is -2.27. The molecule has 0 aliphatic carbocycles. The smallest absolute Gasteiger partial charge is 0.104 e. The summed E-state index contributed by atoms with van der Waals surface area (Å²) in [6.45, 7) is 0. The van der Waals surface area contributed by atoms with E-state index in [4.69, 9.17) is 0 Å². The molecule has 0 aliphatic rings. The SMILES string of the molecule is N#Cc1c(-n2c3ccccc3c3ccccc32)c(-n2c3ccccc3c3ccccc32)c(C#N)c(-n2c3ccc(-c4ccccc4-c4cccc5ccccc45)cc3c3c4sc5ccccc5c4ccc32)c1-n1c2ccccc2c2ccccc21. The summed E-state index contributed by atoms with van der Waals surface area (Å²) in [5.74, 6) is 0. The Balaban J connectivity index is 1.09. The second kappa shape index (κ2) is 18.0. The van der Waals surface area contributed by atoms with Crippen LogP contribution in [0.3, 0.4) is 0 Å². The molecule has 0 aliphatic heterocycles. The van der Waals surface area contributed by atoms with Crippen LogP contribution in [0.25, 0.3) is 163 Å². The van der Waals surface area contributed by atoms with Crippen LogP contribution < -0.4 is 0 Å². The maximum atomic E-state index is 12.9. The Bertz CT molecular complexity index is 5860. The number of nitriles is 2. The van der Waals surface area contributed by atoms with Crippen LogP contribution in [0.15, 0.2) is 267 Å². The highest BCUT2D eigenvalue weighted by molar-refractivity contribution is 7.26. The van der Waals surface area contributed by atoms with Gasteiger partial charge in [-0.25, -0.2) is 0 Å². The van der Waals surface area contributed by atoms with Crippen molar-refractivity contribution in [3.63, 3.8) is 0 Å². The summed E-state index contributed by atoms with van der Waals surface area (Å²) in [7, 11) is 0. The minimum Gasteiger partial charge on any atom is -0.306 e.